The number of carbonyl (C=O) groups excluding carboxylic acids is 1. The first-order valence-electron chi connectivity index (χ1n) is 12.0. The third-order valence-corrected chi connectivity index (χ3v) is 7.15. The van der Waals surface area contributed by atoms with Crippen LogP contribution in [0.1, 0.15) is 49.5 Å². The maximum Gasteiger partial charge on any atom is 0.219 e. The first kappa shape index (κ1) is 23.1. The van der Waals surface area contributed by atoms with Crippen molar-refractivity contribution in [1.29, 1.82) is 0 Å². The van der Waals surface area contributed by atoms with Crippen molar-refractivity contribution < 1.29 is 9.53 Å². The number of aromatic nitrogens is 4. The Bertz CT molecular complexity index is 1210. The molecule has 4 heterocycles. The number of anilines is 1. The summed E-state index contributed by atoms with van der Waals surface area (Å²) in [6, 6.07) is 8.91. The van der Waals surface area contributed by atoms with Gasteiger partial charge in [-0.15, -0.1) is 12.4 Å². The Morgan fingerprint density at radius 2 is 1.79 bits per heavy atom. The number of amides is 1. The van der Waals surface area contributed by atoms with Gasteiger partial charge < -0.3 is 19.1 Å². The third kappa shape index (κ3) is 4.03. The fourth-order valence-electron chi connectivity index (χ4n) is 5.23. The van der Waals surface area contributed by atoms with Crippen molar-refractivity contribution in [2.24, 2.45) is 0 Å². The average molecular weight is 483 g/mol. The lowest BCUT2D eigenvalue weighted by Gasteiger charge is -2.35. The van der Waals surface area contributed by atoms with Crippen molar-refractivity contribution in [2.75, 3.05) is 44.3 Å². The van der Waals surface area contributed by atoms with E-state index in [2.05, 4.69) is 33.7 Å². The van der Waals surface area contributed by atoms with E-state index in [-0.39, 0.29) is 24.4 Å². The van der Waals surface area contributed by atoms with Crippen molar-refractivity contribution in [3.63, 3.8) is 0 Å². The van der Waals surface area contributed by atoms with Crippen LogP contribution in [-0.2, 0) is 9.53 Å². The first-order valence-corrected chi connectivity index (χ1v) is 12.0. The molecule has 1 aromatic carbocycles. The van der Waals surface area contributed by atoms with Crippen molar-refractivity contribution >= 4 is 35.3 Å². The molecule has 180 valence electrons. The Labute approximate surface area is 205 Å². The van der Waals surface area contributed by atoms with Crippen molar-refractivity contribution in [1.82, 2.24) is 24.4 Å². The van der Waals surface area contributed by atoms with E-state index >= 15 is 0 Å². The lowest BCUT2D eigenvalue weighted by molar-refractivity contribution is -0.129. The van der Waals surface area contributed by atoms with Crippen LogP contribution in [0.5, 0.6) is 0 Å². The third-order valence-electron chi connectivity index (χ3n) is 7.15. The first-order chi connectivity index (χ1) is 16.1. The van der Waals surface area contributed by atoms with Gasteiger partial charge in [-0.1, -0.05) is 24.3 Å². The molecule has 3 aliphatic rings. The van der Waals surface area contributed by atoms with Crippen LogP contribution in [0, 0.1) is 6.92 Å². The molecular weight excluding hydrogens is 452 g/mol. The molecule has 8 nitrogen and oxygen atoms in total. The Kier molecular flexibility index (Phi) is 6.20. The van der Waals surface area contributed by atoms with Crippen molar-refractivity contribution in [3.8, 4) is 11.4 Å². The SMILES string of the molecule is CC(=O)N1CCN(c2nc(C)nc3c2nc(-c2ccccc2C2CC2)n3C2CCOC2)CC1.Cl. The zero-order valence-electron chi connectivity index (χ0n) is 19.7. The second-order valence-electron chi connectivity index (χ2n) is 9.44. The summed E-state index contributed by atoms with van der Waals surface area (Å²) >= 11 is 0. The van der Waals surface area contributed by atoms with Gasteiger partial charge in [-0.2, -0.15) is 0 Å². The van der Waals surface area contributed by atoms with E-state index in [0.29, 0.717) is 25.6 Å². The monoisotopic (exact) mass is 482 g/mol. The molecule has 2 aliphatic heterocycles. The lowest BCUT2D eigenvalue weighted by atomic mass is 10.0. The number of imidazole rings is 1. The predicted molar refractivity (Wildman–Crippen MR) is 134 cm³/mol. The minimum atomic E-state index is 0. The normalized spacial score (nSPS) is 20.6. The van der Waals surface area contributed by atoms with Gasteiger partial charge in [-0.05, 0) is 37.7 Å². The summed E-state index contributed by atoms with van der Waals surface area (Å²) < 4.78 is 8.09. The van der Waals surface area contributed by atoms with E-state index in [1.807, 2.05) is 11.8 Å². The Morgan fingerprint density at radius 1 is 1.03 bits per heavy atom. The summed E-state index contributed by atoms with van der Waals surface area (Å²) in [5.74, 6) is 3.35. The van der Waals surface area contributed by atoms with Gasteiger partial charge in [-0.3, -0.25) is 4.79 Å². The number of hydrogen-bond acceptors (Lipinski definition) is 6. The molecule has 9 heteroatoms. The number of benzene rings is 1. The standard InChI is InChI=1S/C25H30N6O2.ClH/c1-16-26-24(30-12-10-29(11-13-30)17(2)32)22-25(27-16)31(19-9-14-33-15-19)23(28-22)21-6-4-3-5-20(21)18-7-8-18;/h3-6,18-19H,7-15H2,1-2H3;1H. The molecule has 3 aromatic rings. The van der Waals surface area contributed by atoms with Gasteiger partial charge in [0.25, 0.3) is 0 Å². The summed E-state index contributed by atoms with van der Waals surface area (Å²) in [5, 5.41) is 0. The number of halogens is 1. The van der Waals surface area contributed by atoms with Crippen LogP contribution in [0.25, 0.3) is 22.6 Å². The number of aryl methyl sites for hydroxylation is 1. The number of fused-ring (bicyclic) bond motifs is 1. The van der Waals surface area contributed by atoms with Crippen molar-refractivity contribution in [3.05, 3.63) is 35.7 Å². The molecule has 34 heavy (non-hydrogen) atoms. The van der Waals surface area contributed by atoms with Gasteiger partial charge in [0.15, 0.2) is 17.0 Å². The molecule has 1 atom stereocenters. The van der Waals surface area contributed by atoms with E-state index in [1.165, 1.54) is 24.0 Å². The molecule has 2 saturated heterocycles. The number of nitrogens with zero attached hydrogens (tertiary/aromatic N) is 6. The van der Waals surface area contributed by atoms with Gasteiger partial charge in [0.1, 0.15) is 11.6 Å². The van der Waals surface area contributed by atoms with Crippen LogP contribution < -0.4 is 4.90 Å². The highest BCUT2D eigenvalue weighted by atomic mass is 35.5. The minimum Gasteiger partial charge on any atom is -0.379 e. The molecule has 0 N–H and O–H groups in total. The molecule has 1 unspecified atom stereocenters. The van der Waals surface area contributed by atoms with E-state index in [0.717, 1.165) is 54.7 Å². The zero-order valence-corrected chi connectivity index (χ0v) is 20.6. The van der Waals surface area contributed by atoms with Gasteiger partial charge in [0, 0.05) is 45.3 Å². The fraction of sp³-hybridized carbons (Fsp3) is 0.520. The number of rotatable bonds is 4. The van der Waals surface area contributed by atoms with Crippen LogP contribution in [0.15, 0.2) is 24.3 Å². The minimum absolute atomic E-state index is 0. The van der Waals surface area contributed by atoms with Gasteiger partial charge in [0.05, 0.1) is 12.6 Å². The molecule has 0 bridgehead atoms. The van der Waals surface area contributed by atoms with Crippen molar-refractivity contribution in [2.45, 2.75) is 45.1 Å². The highest BCUT2D eigenvalue weighted by molar-refractivity contribution is 5.88. The molecule has 3 fully saturated rings. The van der Waals surface area contributed by atoms with Gasteiger partial charge in [-0.25, -0.2) is 15.0 Å². The molecule has 1 saturated carbocycles. The molecule has 0 radical (unpaired) electrons. The number of piperazine rings is 1. The molecule has 1 amide bonds. The highest BCUT2D eigenvalue weighted by Crippen LogP contribution is 2.45. The predicted octanol–water partition coefficient (Wildman–Crippen LogP) is 3.73. The maximum atomic E-state index is 11.8. The summed E-state index contributed by atoms with van der Waals surface area (Å²) in [5.41, 5.74) is 4.33. The Balaban J connectivity index is 0.00000241. The Morgan fingerprint density at radius 3 is 2.47 bits per heavy atom. The van der Waals surface area contributed by atoms with Crippen LogP contribution >= 0.6 is 12.4 Å². The highest BCUT2D eigenvalue weighted by Gasteiger charge is 2.32. The summed E-state index contributed by atoms with van der Waals surface area (Å²) in [4.78, 5) is 30.9. The molecular formula is C25H31ClN6O2. The van der Waals surface area contributed by atoms with E-state index in [4.69, 9.17) is 19.7 Å². The average Bonchev–Trinajstić information content (AvgIpc) is 3.40. The molecule has 6 rings (SSSR count). The van der Waals surface area contributed by atoms with Crippen LogP contribution in [0.3, 0.4) is 0 Å². The van der Waals surface area contributed by atoms with E-state index < -0.39 is 0 Å². The smallest absolute Gasteiger partial charge is 0.219 e. The number of carbonyl (C=O) groups is 1. The number of ether oxygens (including phenoxy) is 1. The van der Waals surface area contributed by atoms with E-state index in [9.17, 15) is 4.79 Å². The quantitative estimate of drug-likeness (QED) is 0.564. The number of hydrogen-bond donors (Lipinski definition) is 0. The molecule has 0 spiro atoms. The summed E-state index contributed by atoms with van der Waals surface area (Å²) in [6.45, 7) is 7.93. The fourth-order valence-corrected chi connectivity index (χ4v) is 5.23. The van der Waals surface area contributed by atoms with Gasteiger partial charge >= 0.3 is 0 Å². The van der Waals surface area contributed by atoms with Crippen LogP contribution in [0.2, 0.25) is 0 Å². The van der Waals surface area contributed by atoms with E-state index in [1.54, 1.807) is 6.92 Å². The van der Waals surface area contributed by atoms with Crippen LogP contribution in [-0.4, -0.2) is 69.7 Å². The Hall–Kier alpha value is -2.71. The molecule has 1 aliphatic carbocycles. The zero-order chi connectivity index (χ0) is 22.5. The maximum absolute atomic E-state index is 11.8. The topological polar surface area (TPSA) is 76.4 Å². The van der Waals surface area contributed by atoms with Crippen LogP contribution in [0.4, 0.5) is 5.82 Å². The second-order valence-corrected chi connectivity index (χ2v) is 9.44. The largest absolute Gasteiger partial charge is 0.379 e. The van der Waals surface area contributed by atoms with Gasteiger partial charge in [0.2, 0.25) is 5.91 Å². The second kappa shape index (κ2) is 9.15. The molecule has 2 aromatic heterocycles. The summed E-state index contributed by atoms with van der Waals surface area (Å²) in [7, 11) is 0. The lowest BCUT2D eigenvalue weighted by Crippen LogP contribution is -2.48. The summed E-state index contributed by atoms with van der Waals surface area (Å²) in [6.07, 6.45) is 3.45.